The molecule has 0 bridgehead atoms. The number of pyridine rings is 1. The van der Waals surface area contributed by atoms with Crippen LogP contribution in [0, 0.1) is 12.9 Å². The van der Waals surface area contributed by atoms with Crippen molar-refractivity contribution >= 4 is 0 Å². The Bertz CT molecular complexity index is 370. The minimum Gasteiger partial charge on any atom is -0.227 e. The van der Waals surface area contributed by atoms with Crippen molar-refractivity contribution in [2.75, 3.05) is 0 Å². The van der Waals surface area contributed by atoms with Crippen LogP contribution in [0.4, 0.5) is 26.3 Å². The van der Waals surface area contributed by atoms with Crippen LogP contribution in [0.2, 0.25) is 0 Å². The van der Waals surface area contributed by atoms with Crippen LogP contribution in [0.15, 0.2) is 6.20 Å². The second kappa shape index (κ2) is 3.71. The molecule has 1 aromatic rings. The minimum absolute atomic E-state index is 0.0732. The molecule has 0 amide bonds. The summed E-state index contributed by atoms with van der Waals surface area (Å²) in [4.78, 5) is 2.77. The second-order valence-electron chi connectivity index (χ2n) is 2.80. The molecule has 15 heavy (non-hydrogen) atoms. The topological polar surface area (TPSA) is 12.9 Å². The van der Waals surface area contributed by atoms with E-state index in [2.05, 4.69) is 4.98 Å². The lowest BCUT2D eigenvalue weighted by Gasteiger charge is -2.14. The van der Waals surface area contributed by atoms with E-state index in [-0.39, 0.29) is 6.20 Å². The van der Waals surface area contributed by atoms with E-state index in [9.17, 15) is 26.3 Å². The van der Waals surface area contributed by atoms with E-state index in [0.717, 1.165) is 6.92 Å². The molecular formula is C8H5F6N. The zero-order valence-corrected chi connectivity index (χ0v) is 7.37. The first-order chi connectivity index (χ1) is 6.75. The summed E-state index contributed by atoms with van der Waals surface area (Å²) in [6.45, 7) is 0.832. The number of hydrogen-bond donors (Lipinski definition) is 0. The lowest BCUT2D eigenvalue weighted by molar-refractivity contribution is -0.139. The van der Waals surface area contributed by atoms with Crippen molar-refractivity contribution in [2.24, 2.45) is 0 Å². The smallest absolute Gasteiger partial charge is 0.227 e. The van der Waals surface area contributed by atoms with E-state index in [1.54, 1.807) is 0 Å². The molecule has 0 N–H and O–H groups in total. The molecule has 0 unspecified atom stereocenters. The predicted molar refractivity (Wildman–Crippen MR) is 38.9 cm³/mol. The van der Waals surface area contributed by atoms with Crippen LogP contribution in [0.3, 0.4) is 0 Å². The molecule has 0 atom stereocenters. The van der Waals surface area contributed by atoms with Crippen LogP contribution in [0.25, 0.3) is 0 Å². The highest BCUT2D eigenvalue weighted by Gasteiger charge is 2.37. The van der Waals surface area contributed by atoms with E-state index >= 15 is 0 Å². The standard InChI is InChI=1S/C8H5F6N/c1-3-5(6(9)10)4(8(12,13)14)2-15-7(3)11/h2,6H,1H3. The zero-order chi connectivity index (χ0) is 11.8. The number of rotatable bonds is 1. The van der Waals surface area contributed by atoms with Crippen LogP contribution < -0.4 is 0 Å². The van der Waals surface area contributed by atoms with Gasteiger partial charge >= 0.3 is 6.18 Å². The van der Waals surface area contributed by atoms with E-state index in [1.165, 1.54) is 0 Å². The molecule has 0 fully saturated rings. The average molecular weight is 229 g/mol. The fourth-order valence-electron chi connectivity index (χ4n) is 1.11. The van der Waals surface area contributed by atoms with Gasteiger partial charge in [0.15, 0.2) is 0 Å². The van der Waals surface area contributed by atoms with Crippen LogP contribution >= 0.6 is 0 Å². The van der Waals surface area contributed by atoms with Crippen molar-refractivity contribution < 1.29 is 26.3 Å². The molecule has 0 radical (unpaired) electrons. The van der Waals surface area contributed by atoms with E-state index in [0.29, 0.717) is 0 Å². The molecule has 0 aliphatic rings. The zero-order valence-electron chi connectivity index (χ0n) is 7.37. The number of alkyl halides is 5. The maximum Gasteiger partial charge on any atom is 0.418 e. The van der Waals surface area contributed by atoms with Crippen LogP contribution in [0.1, 0.15) is 23.1 Å². The van der Waals surface area contributed by atoms with Crippen molar-refractivity contribution in [2.45, 2.75) is 19.5 Å². The quantitative estimate of drug-likeness (QED) is 0.530. The summed E-state index contributed by atoms with van der Waals surface area (Å²) in [5.41, 5.74) is -3.73. The molecule has 1 rings (SSSR count). The highest BCUT2D eigenvalue weighted by Crippen LogP contribution is 2.37. The summed E-state index contributed by atoms with van der Waals surface area (Å²) >= 11 is 0. The molecule has 7 heteroatoms. The molecule has 0 aliphatic carbocycles. The first-order valence-corrected chi connectivity index (χ1v) is 3.75. The maximum atomic E-state index is 12.7. The van der Waals surface area contributed by atoms with Crippen LogP contribution in [-0.4, -0.2) is 4.98 Å². The average Bonchev–Trinajstić information content (AvgIpc) is 2.06. The molecule has 1 nitrogen and oxygen atoms in total. The molecule has 0 saturated heterocycles. The van der Waals surface area contributed by atoms with Crippen molar-refractivity contribution in [1.82, 2.24) is 4.98 Å². The Morgan fingerprint density at radius 3 is 2.20 bits per heavy atom. The Kier molecular flexibility index (Phi) is 2.92. The highest BCUT2D eigenvalue weighted by atomic mass is 19.4. The molecule has 0 aromatic carbocycles. The van der Waals surface area contributed by atoms with Crippen LogP contribution in [-0.2, 0) is 6.18 Å². The van der Waals surface area contributed by atoms with Gasteiger partial charge in [-0.3, -0.25) is 0 Å². The third kappa shape index (κ3) is 2.21. The number of aromatic nitrogens is 1. The van der Waals surface area contributed by atoms with Gasteiger partial charge in [0.25, 0.3) is 6.43 Å². The lowest BCUT2D eigenvalue weighted by Crippen LogP contribution is -2.13. The summed E-state index contributed by atoms with van der Waals surface area (Å²) in [5, 5.41) is 0. The van der Waals surface area contributed by atoms with Crippen molar-refractivity contribution in [3.05, 3.63) is 28.8 Å². The van der Waals surface area contributed by atoms with E-state index in [4.69, 9.17) is 0 Å². The molecule has 1 aromatic heterocycles. The van der Waals surface area contributed by atoms with E-state index < -0.39 is 35.2 Å². The molecule has 0 aliphatic heterocycles. The van der Waals surface area contributed by atoms with Gasteiger partial charge in [0.05, 0.1) is 5.56 Å². The third-order valence-electron chi connectivity index (χ3n) is 1.83. The summed E-state index contributed by atoms with van der Waals surface area (Å²) < 4.78 is 74.0. The van der Waals surface area contributed by atoms with Gasteiger partial charge in [0, 0.05) is 17.3 Å². The molecule has 84 valence electrons. The normalized spacial score (nSPS) is 12.3. The largest absolute Gasteiger partial charge is 0.418 e. The summed E-state index contributed by atoms with van der Waals surface area (Å²) in [5.74, 6) is -1.32. The third-order valence-corrected chi connectivity index (χ3v) is 1.83. The Labute approximate surface area is 80.7 Å². The number of halogens is 6. The van der Waals surface area contributed by atoms with Gasteiger partial charge in [-0.1, -0.05) is 0 Å². The Morgan fingerprint density at radius 2 is 1.80 bits per heavy atom. The summed E-state index contributed by atoms with van der Waals surface area (Å²) in [7, 11) is 0. The lowest BCUT2D eigenvalue weighted by atomic mass is 10.1. The Balaban J connectivity index is 3.47. The van der Waals surface area contributed by atoms with Crippen molar-refractivity contribution in [3.8, 4) is 0 Å². The van der Waals surface area contributed by atoms with Crippen LogP contribution in [0.5, 0.6) is 0 Å². The minimum atomic E-state index is -4.96. The van der Waals surface area contributed by atoms with Crippen molar-refractivity contribution in [3.63, 3.8) is 0 Å². The first-order valence-electron chi connectivity index (χ1n) is 3.75. The molecule has 0 saturated carbocycles. The number of hydrogen-bond acceptors (Lipinski definition) is 1. The fourth-order valence-corrected chi connectivity index (χ4v) is 1.11. The monoisotopic (exact) mass is 229 g/mol. The van der Waals surface area contributed by atoms with Gasteiger partial charge in [0.2, 0.25) is 5.95 Å². The fraction of sp³-hybridized carbons (Fsp3) is 0.375. The molecule has 0 spiro atoms. The van der Waals surface area contributed by atoms with Crippen molar-refractivity contribution in [1.29, 1.82) is 0 Å². The van der Waals surface area contributed by atoms with Gasteiger partial charge in [-0.25, -0.2) is 13.8 Å². The second-order valence-corrected chi connectivity index (χ2v) is 2.80. The SMILES string of the molecule is Cc1c(F)ncc(C(F)(F)F)c1C(F)F. The summed E-state index contributed by atoms with van der Waals surface area (Å²) in [6, 6.07) is 0. The summed E-state index contributed by atoms with van der Waals surface area (Å²) in [6.07, 6.45) is -8.28. The van der Waals surface area contributed by atoms with Gasteiger partial charge < -0.3 is 0 Å². The highest BCUT2D eigenvalue weighted by molar-refractivity contribution is 5.34. The Morgan fingerprint density at radius 1 is 1.27 bits per heavy atom. The molecular weight excluding hydrogens is 224 g/mol. The van der Waals surface area contributed by atoms with Gasteiger partial charge in [-0.2, -0.15) is 17.6 Å². The van der Waals surface area contributed by atoms with Gasteiger partial charge in [-0.05, 0) is 6.92 Å². The first kappa shape index (κ1) is 11.8. The van der Waals surface area contributed by atoms with E-state index in [1.807, 2.05) is 0 Å². The Hall–Kier alpha value is -1.27. The maximum absolute atomic E-state index is 12.7. The predicted octanol–water partition coefficient (Wildman–Crippen LogP) is 3.49. The molecule has 1 heterocycles. The van der Waals surface area contributed by atoms with Gasteiger partial charge in [0.1, 0.15) is 0 Å². The number of nitrogens with zero attached hydrogens (tertiary/aromatic N) is 1. The van der Waals surface area contributed by atoms with Gasteiger partial charge in [-0.15, -0.1) is 0 Å².